The highest BCUT2D eigenvalue weighted by Gasteiger charge is 1.94. The van der Waals surface area contributed by atoms with Crippen LogP contribution < -0.4 is 5.73 Å². The summed E-state index contributed by atoms with van der Waals surface area (Å²) in [6.07, 6.45) is 29.9. The molecule has 0 aliphatic carbocycles. The minimum atomic E-state index is 0.868. The second-order valence-corrected chi connectivity index (χ2v) is 8.32. The van der Waals surface area contributed by atoms with Crippen LogP contribution in [0.2, 0.25) is 0 Å². The average Bonchev–Trinajstić information content (AvgIpc) is 2.60. The Hall–Kier alpha value is -0.300. The smallest absolute Gasteiger partial charge is 0.00773 e. The molecule has 0 heterocycles. The van der Waals surface area contributed by atoms with Crippen molar-refractivity contribution in [3.05, 3.63) is 12.2 Å². The van der Waals surface area contributed by atoms with Crippen molar-refractivity contribution in [2.45, 2.75) is 129 Å². The van der Waals surface area contributed by atoms with E-state index in [0.29, 0.717) is 0 Å². The van der Waals surface area contributed by atoms with E-state index >= 15 is 0 Å². The molecule has 0 aromatic carbocycles. The van der Waals surface area contributed by atoms with Gasteiger partial charge in [0.15, 0.2) is 0 Å². The first-order chi connectivity index (χ1) is 12.3. The Morgan fingerprint density at radius 3 is 1.28 bits per heavy atom. The highest BCUT2D eigenvalue weighted by Crippen LogP contribution is 2.13. The molecule has 0 saturated heterocycles. The summed E-state index contributed by atoms with van der Waals surface area (Å²) in [4.78, 5) is 0. The molecule has 0 rings (SSSR count). The van der Waals surface area contributed by atoms with Crippen LogP contribution in [0.25, 0.3) is 0 Å². The molecular weight excluding hydrogens is 302 g/mol. The Morgan fingerprint density at radius 2 is 0.880 bits per heavy atom. The lowest BCUT2D eigenvalue weighted by Crippen LogP contribution is -1.97. The van der Waals surface area contributed by atoms with E-state index in [9.17, 15) is 0 Å². The molecule has 150 valence electrons. The molecular formula is C24H49N. The Kier molecular flexibility index (Phi) is 21.5. The van der Waals surface area contributed by atoms with Crippen LogP contribution in [-0.4, -0.2) is 6.54 Å². The van der Waals surface area contributed by atoms with E-state index in [1.165, 1.54) is 116 Å². The molecule has 1 heteroatoms. The SMILES string of the molecule is CC(C)CCCCCCC/C=C\CCCCCCCCCCCCN. The van der Waals surface area contributed by atoms with Crippen LogP contribution in [0.3, 0.4) is 0 Å². The molecule has 0 spiro atoms. The van der Waals surface area contributed by atoms with Crippen LogP contribution in [0.1, 0.15) is 129 Å². The predicted molar refractivity (Wildman–Crippen MR) is 116 cm³/mol. The van der Waals surface area contributed by atoms with Crippen LogP contribution in [0.5, 0.6) is 0 Å². The summed E-state index contributed by atoms with van der Waals surface area (Å²) in [6, 6.07) is 0. The Morgan fingerprint density at radius 1 is 0.520 bits per heavy atom. The first-order valence-corrected chi connectivity index (χ1v) is 11.6. The van der Waals surface area contributed by atoms with Crippen molar-refractivity contribution in [2.75, 3.05) is 6.54 Å². The maximum atomic E-state index is 5.51. The maximum absolute atomic E-state index is 5.51. The fraction of sp³-hybridized carbons (Fsp3) is 0.917. The van der Waals surface area contributed by atoms with Gasteiger partial charge in [-0.05, 0) is 44.6 Å². The van der Waals surface area contributed by atoms with Crippen molar-refractivity contribution in [1.82, 2.24) is 0 Å². The second kappa shape index (κ2) is 21.7. The third-order valence-corrected chi connectivity index (χ3v) is 5.14. The van der Waals surface area contributed by atoms with Crippen LogP contribution in [0.4, 0.5) is 0 Å². The summed E-state index contributed by atoms with van der Waals surface area (Å²) >= 11 is 0. The van der Waals surface area contributed by atoms with Gasteiger partial charge < -0.3 is 5.73 Å². The number of rotatable bonds is 20. The van der Waals surface area contributed by atoms with E-state index in [1.54, 1.807) is 0 Å². The van der Waals surface area contributed by atoms with Crippen molar-refractivity contribution in [3.63, 3.8) is 0 Å². The van der Waals surface area contributed by atoms with Crippen LogP contribution in [0, 0.1) is 5.92 Å². The highest BCUT2D eigenvalue weighted by molar-refractivity contribution is 4.81. The third kappa shape index (κ3) is 23.7. The van der Waals surface area contributed by atoms with Crippen LogP contribution in [0.15, 0.2) is 12.2 Å². The monoisotopic (exact) mass is 351 g/mol. The van der Waals surface area contributed by atoms with Crippen molar-refractivity contribution in [3.8, 4) is 0 Å². The van der Waals surface area contributed by atoms with Gasteiger partial charge in [0.1, 0.15) is 0 Å². The van der Waals surface area contributed by atoms with Crippen molar-refractivity contribution in [1.29, 1.82) is 0 Å². The predicted octanol–water partition coefficient (Wildman–Crippen LogP) is 8.18. The lowest BCUT2D eigenvalue weighted by molar-refractivity contribution is 0.516. The average molecular weight is 352 g/mol. The van der Waals surface area contributed by atoms with Crippen molar-refractivity contribution < 1.29 is 0 Å². The van der Waals surface area contributed by atoms with Gasteiger partial charge in [0.25, 0.3) is 0 Å². The quantitative estimate of drug-likeness (QED) is 0.174. The van der Waals surface area contributed by atoms with E-state index in [4.69, 9.17) is 5.73 Å². The zero-order chi connectivity index (χ0) is 18.4. The van der Waals surface area contributed by atoms with Gasteiger partial charge in [-0.2, -0.15) is 0 Å². The fourth-order valence-electron chi connectivity index (χ4n) is 3.40. The lowest BCUT2D eigenvalue weighted by atomic mass is 10.0. The minimum absolute atomic E-state index is 0.868. The molecule has 0 radical (unpaired) electrons. The first-order valence-electron chi connectivity index (χ1n) is 11.6. The zero-order valence-electron chi connectivity index (χ0n) is 17.7. The summed E-state index contributed by atoms with van der Waals surface area (Å²) in [5.41, 5.74) is 5.51. The standard InChI is InChI=1S/C24H49N/c1-24(2)22-20-18-16-14-12-10-8-6-4-3-5-7-9-11-13-15-17-19-21-23-25/h6,8,24H,3-5,7,9-23,25H2,1-2H3/b8-6-. The maximum Gasteiger partial charge on any atom is -0.00773 e. The minimum Gasteiger partial charge on any atom is -0.330 e. The van der Waals surface area contributed by atoms with Gasteiger partial charge in [0.2, 0.25) is 0 Å². The molecule has 0 bridgehead atoms. The number of hydrogen-bond donors (Lipinski definition) is 1. The summed E-state index contributed by atoms with van der Waals surface area (Å²) in [6.45, 7) is 5.53. The number of nitrogens with two attached hydrogens (primary N) is 1. The second-order valence-electron chi connectivity index (χ2n) is 8.32. The van der Waals surface area contributed by atoms with Crippen LogP contribution in [-0.2, 0) is 0 Å². The molecule has 2 N–H and O–H groups in total. The van der Waals surface area contributed by atoms with E-state index in [0.717, 1.165) is 12.5 Å². The Balaban J connectivity index is 3.06. The van der Waals surface area contributed by atoms with E-state index < -0.39 is 0 Å². The molecule has 0 fully saturated rings. The lowest BCUT2D eigenvalue weighted by Gasteiger charge is -2.03. The Bertz CT molecular complexity index is 257. The van der Waals surface area contributed by atoms with Crippen molar-refractivity contribution >= 4 is 0 Å². The molecule has 0 aromatic rings. The molecule has 0 amide bonds. The molecule has 0 atom stereocenters. The van der Waals surface area contributed by atoms with Gasteiger partial charge in [-0.25, -0.2) is 0 Å². The molecule has 0 unspecified atom stereocenters. The van der Waals surface area contributed by atoms with Gasteiger partial charge in [-0.15, -0.1) is 0 Å². The summed E-state index contributed by atoms with van der Waals surface area (Å²) in [7, 11) is 0. The normalized spacial score (nSPS) is 11.8. The van der Waals surface area contributed by atoms with Gasteiger partial charge in [0, 0.05) is 0 Å². The molecule has 1 nitrogen and oxygen atoms in total. The van der Waals surface area contributed by atoms with Crippen LogP contribution >= 0.6 is 0 Å². The number of allylic oxidation sites excluding steroid dienone is 2. The Labute approximate surface area is 160 Å². The largest absolute Gasteiger partial charge is 0.330 e. The zero-order valence-corrected chi connectivity index (χ0v) is 17.7. The summed E-state index contributed by atoms with van der Waals surface area (Å²) in [5, 5.41) is 0. The van der Waals surface area contributed by atoms with Gasteiger partial charge in [-0.1, -0.05) is 109 Å². The highest BCUT2D eigenvalue weighted by atomic mass is 14.5. The van der Waals surface area contributed by atoms with E-state index in [-0.39, 0.29) is 0 Å². The van der Waals surface area contributed by atoms with Gasteiger partial charge in [-0.3, -0.25) is 0 Å². The molecule has 0 aliphatic heterocycles. The number of hydrogen-bond acceptors (Lipinski definition) is 1. The van der Waals surface area contributed by atoms with E-state index in [2.05, 4.69) is 26.0 Å². The molecule has 25 heavy (non-hydrogen) atoms. The first kappa shape index (κ1) is 24.7. The van der Waals surface area contributed by atoms with Gasteiger partial charge >= 0.3 is 0 Å². The molecule has 0 saturated carbocycles. The summed E-state index contributed by atoms with van der Waals surface area (Å²) < 4.78 is 0. The van der Waals surface area contributed by atoms with E-state index in [1.807, 2.05) is 0 Å². The molecule has 0 aromatic heterocycles. The fourth-order valence-corrected chi connectivity index (χ4v) is 3.40. The van der Waals surface area contributed by atoms with Crippen molar-refractivity contribution in [2.24, 2.45) is 11.7 Å². The topological polar surface area (TPSA) is 26.0 Å². The molecule has 0 aliphatic rings. The summed E-state index contributed by atoms with van der Waals surface area (Å²) in [5.74, 6) is 0.884. The third-order valence-electron chi connectivity index (χ3n) is 5.14. The van der Waals surface area contributed by atoms with Gasteiger partial charge in [0.05, 0.1) is 0 Å². The number of unbranched alkanes of at least 4 members (excludes halogenated alkanes) is 15.